The second-order valence-electron chi connectivity index (χ2n) is 4.42. The Morgan fingerprint density at radius 2 is 1.68 bits per heavy atom. The van der Waals surface area contributed by atoms with Crippen molar-refractivity contribution in [3.8, 4) is 11.5 Å². The number of hydrogen-bond donors (Lipinski definition) is 0. The Bertz CT molecular complexity index is 637. The van der Waals surface area contributed by atoms with E-state index in [4.69, 9.17) is 9.47 Å². The van der Waals surface area contributed by atoms with Gasteiger partial charge in [0.2, 0.25) is 0 Å². The maximum Gasteiger partial charge on any atom is 0.343 e. The van der Waals surface area contributed by atoms with Crippen molar-refractivity contribution >= 4 is 12.3 Å². The van der Waals surface area contributed by atoms with Gasteiger partial charge in [0.1, 0.15) is 18.1 Å². The van der Waals surface area contributed by atoms with Crippen LogP contribution in [0.4, 0.5) is 0 Å². The molecule has 22 heavy (non-hydrogen) atoms. The summed E-state index contributed by atoms with van der Waals surface area (Å²) in [5.41, 5.74) is 1.25. The number of carbonyl (C=O) groups is 2. The normalized spacial score (nSPS) is 9.86. The van der Waals surface area contributed by atoms with E-state index in [-0.39, 0.29) is 17.9 Å². The zero-order chi connectivity index (χ0) is 15.8. The summed E-state index contributed by atoms with van der Waals surface area (Å²) in [7, 11) is 1.27. The molecule has 114 valence electrons. The number of hydrogen-bond acceptors (Lipinski definition) is 5. The molecule has 0 saturated carbocycles. The molecular formula is C17H16O5. The highest BCUT2D eigenvalue weighted by Gasteiger charge is 2.12. The van der Waals surface area contributed by atoms with Gasteiger partial charge in [0, 0.05) is 0 Å². The van der Waals surface area contributed by atoms with Crippen LogP contribution in [-0.4, -0.2) is 26.0 Å². The van der Waals surface area contributed by atoms with Gasteiger partial charge in [-0.1, -0.05) is 36.4 Å². The van der Waals surface area contributed by atoms with Gasteiger partial charge in [0.25, 0.3) is 0 Å². The summed E-state index contributed by atoms with van der Waals surface area (Å²) in [6.45, 7) is 0.0710. The molecule has 0 atom stereocenters. The van der Waals surface area contributed by atoms with Crippen molar-refractivity contribution in [3.63, 3.8) is 0 Å². The van der Waals surface area contributed by atoms with Crippen LogP contribution in [0.2, 0.25) is 0 Å². The first kappa shape index (κ1) is 15.6. The van der Waals surface area contributed by atoms with Gasteiger partial charge in [-0.15, -0.1) is 0 Å². The van der Waals surface area contributed by atoms with E-state index >= 15 is 0 Å². The second-order valence-corrected chi connectivity index (χ2v) is 4.42. The molecule has 2 aromatic rings. The number of esters is 1. The van der Waals surface area contributed by atoms with Crippen molar-refractivity contribution in [2.24, 2.45) is 0 Å². The van der Waals surface area contributed by atoms with Crippen LogP contribution in [0.3, 0.4) is 0 Å². The van der Waals surface area contributed by atoms with Crippen molar-refractivity contribution in [1.82, 2.24) is 0 Å². The highest BCUT2D eigenvalue weighted by atomic mass is 16.6. The van der Waals surface area contributed by atoms with Crippen LogP contribution in [0.15, 0.2) is 48.5 Å². The van der Waals surface area contributed by atoms with E-state index in [1.165, 1.54) is 7.11 Å². The van der Waals surface area contributed by atoms with Gasteiger partial charge in [-0.25, -0.2) is 4.79 Å². The standard InChI is InChI=1S/C17H16O5/c1-20-17(19)12-22-16-9-5-8-15(14(16)10-18)21-11-13-6-3-2-4-7-13/h2-10H,11-12H2,1H3. The molecule has 0 aliphatic carbocycles. The summed E-state index contributed by atoms with van der Waals surface area (Å²) >= 11 is 0. The van der Waals surface area contributed by atoms with Gasteiger partial charge in [0.05, 0.1) is 12.7 Å². The summed E-state index contributed by atoms with van der Waals surface area (Å²) in [6, 6.07) is 14.6. The molecule has 0 saturated heterocycles. The number of rotatable bonds is 7. The Kier molecular flexibility index (Phi) is 5.54. The first-order valence-corrected chi connectivity index (χ1v) is 6.69. The number of aldehydes is 1. The first-order chi connectivity index (χ1) is 10.7. The minimum atomic E-state index is -0.521. The molecule has 2 aromatic carbocycles. The molecule has 5 heteroatoms. The lowest BCUT2D eigenvalue weighted by molar-refractivity contribution is -0.142. The quantitative estimate of drug-likeness (QED) is 0.581. The molecule has 2 rings (SSSR count). The van der Waals surface area contributed by atoms with Gasteiger partial charge in [-0.05, 0) is 17.7 Å². The van der Waals surface area contributed by atoms with E-state index in [1.807, 2.05) is 30.3 Å². The summed E-state index contributed by atoms with van der Waals surface area (Å²) in [6.07, 6.45) is 0.646. The molecule has 0 radical (unpaired) electrons. The molecule has 0 spiro atoms. The Hall–Kier alpha value is -2.82. The molecule has 0 amide bonds. The van der Waals surface area contributed by atoms with Gasteiger partial charge in [0.15, 0.2) is 12.9 Å². The smallest absolute Gasteiger partial charge is 0.343 e. The minimum absolute atomic E-state index is 0.264. The zero-order valence-corrected chi connectivity index (χ0v) is 12.2. The zero-order valence-electron chi connectivity index (χ0n) is 12.2. The third kappa shape index (κ3) is 4.09. The van der Waals surface area contributed by atoms with Crippen molar-refractivity contribution in [1.29, 1.82) is 0 Å². The Morgan fingerprint density at radius 3 is 2.32 bits per heavy atom. The van der Waals surface area contributed by atoms with Gasteiger partial charge >= 0.3 is 5.97 Å². The van der Waals surface area contributed by atoms with Gasteiger partial charge in [-0.3, -0.25) is 4.79 Å². The predicted octanol–water partition coefficient (Wildman–Crippen LogP) is 2.63. The van der Waals surface area contributed by atoms with Gasteiger partial charge < -0.3 is 14.2 Å². The SMILES string of the molecule is COC(=O)COc1cccc(OCc2ccccc2)c1C=O. The number of benzene rings is 2. The molecule has 5 nitrogen and oxygen atoms in total. The Balaban J connectivity index is 2.10. The van der Waals surface area contributed by atoms with Crippen LogP contribution in [-0.2, 0) is 16.1 Å². The highest BCUT2D eigenvalue weighted by Crippen LogP contribution is 2.27. The molecule has 0 aliphatic heterocycles. The number of carbonyl (C=O) groups excluding carboxylic acids is 2. The fourth-order valence-corrected chi connectivity index (χ4v) is 1.82. The Labute approximate surface area is 128 Å². The van der Waals surface area contributed by atoms with E-state index < -0.39 is 5.97 Å². The van der Waals surface area contributed by atoms with E-state index in [2.05, 4.69) is 4.74 Å². The number of ether oxygens (including phenoxy) is 3. The topological polar surface area (TPSA) is 61.8 Å². The average Bonchev–Trinajstić information content (AvgIpc) is 2.58. The van der Waals surface area contributed by atoms with E-state index in [0.717, 1.165) is 5.56 Å². The second kappa shape index (κ2) is 7.83. The fraction of sp³-hybridized carbons (Fsp3) is 0.176. The molecule has 0 heterocycles. The summed E-state index contributed by atoms with van der Waals surface area (Å²) < 4.78 is 15.4. The largest absolute Gasteiger partial charge is 0.488 e. The average molecular weight is 300 g/mol. The van der Waals surface area contributed by atoms with Crippen LogP contribution in [0.25, 0.3) is 0 Å². The maximum atomic E-state index is 11.3. The Morgan fingerprint density at radius 1 is 1.00 bits per heavy atom. The van der Waals surface area contributed by atoms with Crippen LogP contribution in [0.1, 0.15) is 15.9 Å². The minimum Gasteiger partial charge on any atom is -0.488 e. The number of methoxy groups -OCH3 is 1. The van der Waals surface area contributed by atoms with Gasteiger partial charge in [-0.2, -0.15) is 0 Å². The van der Waals surface area contributed by atoms with Crippen molar-refractivity contribution < 1.29 is 23.8 Å². The maximum absolute atomic E-state index is 11.3. The third-order valence-electron chi connectivity index (χ3n) is 2.95. The summed E-state index contributed by atoms with van der Waals surface area (Å²) in [5.74, 6) is 0.166. The lowest BCUT2D eigenvalue weighted by Gasteiger charge is -2.12. The van der Waals surface area contributed by atoms with Crippen molar-refractivity contribution in [3.05, 3.63) is 59.7 Å². The first-order valence-electron chi connectivity index (χ1n) is 6.69. The lowest BCUT2D eigenvalue weighted by Crippen LogP contribution is -2.13. The molecule has 0 N–H and O–H groups in total. The molecule has 0 aliphatic rings. The van der Waals surface area contributed by atoms with Crippen LogP contribution in [0, 0.1) is 0 Å². The van der Waals surface area contributed by atoms with Crippen LogP contribution < -0.4 is 9.47 Å². The van der Waals surface area contributed by atoms with Crippen molar-refractivity contribution in [2.75, 3.05) is 13.7 Å². The monoisotopic (exact) mass is 300 g/mol. The van der Waals surface area contributed by atoms with Crippen LogP contribution >= 0.6 is 0 Å². The van der Waals surface area contributed by atoms with E-state index in [9.17, 15) is 9.59 Å². The van der Waals surface area contributed by atoms with E-state index in [1.54, 1.807) is 18.2 Å². The predicted molar refractivity (Wildman–Crippen MR) is 80.1 cm³/mol. The summed E-state index contributed by atoms with van der Waals surface area (Å²) in [4.78, 5) is 22.4. The van der Waals surface area contributed by atoms with Crippen molar-refractivity contribution in [2.45, 2.75) is 6.61 Å². The molecular weight excluding hydrogens is 284 g/mol. The molecule has 0 aromatic heterocycles. The molecule has 0 bridgehead atoms. The molecule has 0 unspecified atom stereocenters. The van der Waals surface area contributed by atoms with E-state index in [0.29, 0.717) is 18.6 Å². The third-order valence-corrected chi connectivity index (χ3v) is 2.95. The molecule has 0 fully saturated rings. The summed E-state index contributed by atoms with van der Waals surface area (Å²) in [5, 5.41) is 0. The highest BCUT2D eigenvalue weighted by molar-refractivity contribution is 5.84. The van der Waals surface area contributed by atoms with Crippen LogP contribution in [0.5, 0.6) is 11.5 Å². The lowest BCUT2D eigenvalue weighted by atomic mass is 10.2. The fourth-order valence-electron chi connectivity index (χ4n) is 1.82.